The zero-order chi connectivity index (χ0) is 16.9. The van der Waals surface area contributed by atoms with E-state index in [2.05, 4.69) is 0 Å². The SMILES string of the molecule is COc1ccccc1/C=C/C(O)C(F)(F)S(=O)c1ccccc1. The van der Waals surface area contributed by atoms with Crippen LogP contribution < -0.4 is 4.74 Å². The van der Waals surface area contributed by atoms with E-state index in [1.54, 1.807) is 30.3 Å². The normalized spacial score (nSPS) is 14.6. The Hall–Kier alpha value is -2.05. The second-order valence-corrected chi connectivity index (χ2v) is 6.24. The molecule has 0 saturated heterocycles. The number of methoxy groups -OCH3 is 1. The Balaban J connectivity index is 2.20. The zero-order valence-corrected chi connectivity index (χ0v) is 13.2. The molecule has 0 aliphatic heterocycles. The summed E-state index contributed by atoms with van der Waals surface area (Å²) in [6, 6.07) is 14.1. The van der Waals surface area contributed by atoms with Crippen molar-refractivity contribution in [2.45, 2.75) is 16.3 Å². The number of ether oxygens (including phenoxy) is 1. The molecule has 0 aliphatic carbocycles. The van der Waals surface area contributed by atoms with Gasteiger partial charge in [-0.25, -0.2) is 4.21 Å². The number of alkyl halides is 2. The number of hydrogen-bond acceptors (Lipinski definition) is 3. The Bertz CT molecular complexity index is 702. The summed E-state index contributed by atoms with van der Waals surface area (Å²) in [6.07, 6.45) is 0.0478. The fourth-order valence-corrected chi connectivity index (χ4v) is 2.94. The van der Waals surface area contributed by atoms with Crippen LogP contribution in [-0.4, -0.2) is 27.8 Å². The zero-order valence-electron chi connectivity index (χ0n) is 12.4. The maximum atomic E-state index is 14.1. The van der Waals surface area contributed by atoms with Gasteiger partial charge >= 0.3 is 5.25 Å². The Kier molecular flexibility index (Phi) is 5.63. The highest BCUT2D eigenvalue weighted by molar-refractivity contribution is 7.86. The minimum atomic E-state index is -3.81. The van der Waals surface area contributed by atoms with Crippen molar-refractivity contribution in [1.29, 1.82) is 0 Å². The van der Waals surface area contributed by atoms with E-state index in [9.17, 15) is 18.1 Å². The summed E-state index contributed by atoms with van der Waals surface area (Å²) in [6.45, 7) is 0. The molecule has 2 aromatic carbocycles. The molecule has 0 spiro atoms. The van der Waals surface area contributed by atoms with E-state index in [0.29, 0.717) is 11.3 Å². The van der Waals surface area contributed by atoms with E-state index in [0.717, 1.165) is 6.08 Å². The first-order chi connectivity index (χ1) is 11.0. The molecule has 0 saturated carbocycles. The Morgan fingerprint density at radius 1 is 1.13 bits per heavy atom. The summed E-state index contributed by atoms with van der Waals surface area (Å²) >= 11 is 0. The molecule has 0 radical (unpaired) electrons. The van der Waals surface area contributed by atoms with Crippen LogP contribution in [-0.2, 0) is 10.8 Å². The topological polar surface area (TPSA) is 46.5 Å². The third kappa shape index (κ3) is 4.03. The summed E-state index contributed by atoms with van der Waals surface area (Å²) in [5, 5.41) is 5.96. The highest BCUT2D eigenvalue weighted by Gasteiger charge is 2.44. The molecule has 122 valence electrons. The largest absolute Gasteiger partial charge is 0.496 e. The van der Waals surface area contributed by atoms with E-state index in [1.165, 1.54) is 37.5 Å². The quantitative estimate of drug-likeness (QED) is 0.877. The van der Waals surface area contributed by atoms with Gasteiger partial charge in [0.2, 0.25) is 0 Å². The van der Waals surface area contributed by atoms with Crippen molar-refractivity contribution in [2.24, 2.45) is 0 Å². The Morgan fingerprint density at radius 3 is 2.39 bits per heavy atom. The van der Waals surface area contributed by atoms with Gasteiger partial charge in [-0.1, -0.05) is 42.5 Å². The van der Waals surface area contributed by atoms with Crippen LogP contribution in [0.2, 0.25) is 0 Å². The van der Waals surface area contributed by atoms with E-state index < -0.39 is 22.2 Å². The lowest BCUT2D eigenvalue weighted by atomic mass is 10.1. The molecule has 2 rings (SSSR count). The summed E-state index contributed by atoms with van der Waals surface area (Å²) in [7, 11) is -1.19. The Morgan fingerprint density at radius 2 is 1.74 bits per heavy atom. The summed E-state index contributed by atoms with van der Waals surface area (Å²) in [5.41, 5.74) is 0.537. The van der Waals surface area contributed by atoms with Crippen molar-refractivity contribution in [3.63, 3.8) is 0 Å². The van der Waals surface area contributed by atoms with Crippen LogP contribution in [0.25, 0.3) is 6.08 Å². The van der Waals surface area contributed by atoms with Gasteiger partial charge in [0.05, 0.1) is 7.11 Å². The number of benzene rings is 2. The maximum Gasteiger partial charge on any atom is 0.354 e. The first-order valence-corrected chi connectivity index (χ1v) is 7.96. The van der Waals surface area contributed by atoms with Crippen molar-refractivity contribution >= 4 is 16.9 Å². The van der Waals surface area contributed by atoms with Gasteiger partial charge in [-0.05, 0) is 24.3 Å². The average Bonchev–Trinajstić information content (AvgIpc) is 2.59. The number of halogens is 2. The van der Waals surface area contributed by atoms with Gasteiger partial charge in [0.1, 0.15) is 22.7 Å². The van der Waals surface area contributed by atoms with Gasteiger partial charge < -0.3 is 9.84 Å². The van der Waals surface area contributed by atoms with Crippen LogP contribution in [0.5, 0.6) is 5.75 Å². The lowest BCUT2D eigenvalue weighted by Gasteiger charge is -2.19. The van der Waals surface area contributed by atoms with Gasteiger partial charge in [-0.15, -0.1) is 0 Å². The molecule has 0 amide bonds. The number of aliphatic hydroxyl groups is 1. The molecule has 3 nitrogen and oxygen atoms in total. The first kappa shape index (κ1) is 17.3. The van der Waals surface area contributed by atoms with Gasteiger partial charge in [-0.2, -0.15) is 8.78 Å². The van der Waals surface area contributed by atoms with Gasteiger partial charge in [0.15, 0.2) is 0 Å². The van der Waals surface area contributed by atoms with Crippen molar-refractivity contribution < 1.29 is 22.8 Å². The molecule has 0 bridgehead atoms. The Labute approximate surface area is 135 Å². The predicted molar refractivity (Wildman–Crippen MR) is 85.8 cm³/mol. The monoisotopic (exact) mass is 338 g/mol. The van der Waals surface area contributed by atoms with Crippen molar-refractivity contribution in [3.8, 4) is 5.75 Å². The van der Waals surface area contributed by atoms with Crippen molar-refractivity contribution in [3.05, 3.63) is 66.2 Å². The maximum absolute atomic E-state index is 14.1. The molecule has 0 fully saturated rings. The summed E-state index contributed by atoms with van der Waals surface area (Å²) in [5.74, 6) is 0.489. The van der Waals surface area contributed by atoms with Crippen LogP contribution in [0.15, 0.2) is 65.6 Å². The molecule has 1 N–H and O–H groups in total. The third-order valence-corrected chi connectivity index (χ3v) is 4.58. The molecule has 23 heavy (non-hydrogen) atoms. The molecule has 0 heterocycles. The first-order valence-electron chi connectivity index (χ1n) is 6.81. The van der Waals surface area contributed by atoms with Crippen LogP contribution in [0, 0.1) is 0 Å². The lowest BCUT2D eigenvalue weighted by Crippen LogP contribution is -2.36. The molecular weight excluding hydrogens is 322 g/mol. The van der Waals surface area contributed by atoms with E-state index >= 15 is 0 Å². The van der Waals surface area contributed by atoms with Gasteiger partial charge in [0.25, 0.3) is 0 Å². The molecule has 2 unspecified atom stereocenters. The van der Waals surface area contributed by atoms with E-state index in [1.807, 2.05) is 0 Å². The smallest absolute Gasteiger partial charge is 0.354 e. The third-order valence-electron chi connectivity index (χ3n) is 3.15. The van der Waals surface area contributed by atoms with Crippen molar-refractivity contribution in [1.82, 2.24) is 0 Å². The molecular formula is C17H16F2O3S. The molecule has 6 heteroatoms. The van der Waals surface area contributed by atoms with Gasteiger partial charge in [0, 0.05) is 10.5 Å². The highest BCUT2D eigenvalue weighted by atomic mass is 32.2. The predicted octanol–water partition coefficient (Wildman–Crippen LogP) is 3.47. The number of para-hydroxylation sites is 1. The van der Waals surface area contributed by atoms with Crippen LogP contribution in [0.1, 0.15) is 5.56 Å². The van der Waals surface area contributed by atoms with Crippen molar-refractivity contribution in [2.75, 3.05) is 7.11 Å². The highest BCUT2D eigenvalue weighted by Crippen LogP contribution is 2.30. The van der Waals surface area contributed by atoms with Crippen LogP contribution >= 0.6 is 0 Å². The molecule has 2 aromatic rings. The van der Waals surface area contributed by atoms with E-state index in [-0.39, 0.29) is 4.90 Å². The second kappa shape index (κ2) is 7.48. The van der Waals surface area contributed by atoms with Gasteiger partial charge in [-0.3, -0.25) is 0 Å². The number of hydrogen-bond donors (Lipinski definition) is 1. The number of aliphatic hydroxyl groups excluding tert-OH is 1. The summed E-state index contributed by atoms with van der Waals surface area (Å²) < 4.78 is 45.4. The summed E-state index contributed by atoms with van der Waals surface area (Å²) in [4.78, 5) is -0.0396. The molecule has 2 atom stereocenters. The minimum Gasteiger partial charge on any atom is -0.496 e. The van der Waals surface area contributed by atoms with Crippen LogP contribution in [0.3, 0.4) is 0 Å². The van der Waals surface area contributed by atoms with E-state index in [4.69, 9.17) is 4.74 Å². The average molecular weight is 338 g/mol. The fourth-order valence-electron chi connectivity index (χ4n) is 1.92. The lowest BCUT2D eigenvalue weighted by molar-refractivity contribution is -0.0112. The number of rotatable bonds is 6. The molecule has 0 aliphatic rings. The van der Waals surface area contributed by atoms with Crippen LogP contribution in [0.4, 0.5) is 8.78 Å². The molecule has 0 aromatic heterocycles. The second-order valence-electron chi connectivity index (χ2n) is 4.69. The fraction of sp³-hybridized carbons (Fsp3) is 0.176. The standard InChI is InChI=1S/C17H16F2O3S/c1-22-15-10-6-5-7-13(15)11-12-16(20)17(18,19)23(21)14-8-3-2-4-9-14/h2-12,16,20H,1H3/b12-11+. The minimum absolute atomic E-state index is 0.0396.